The number of carboxylic acid groups (broad SMARTS) is 1. The Morgan fingerprint density at radius 2 is 1.73 bits per heavy atom. The topological polar surface area (TPSA) is 66.4 Å². The number of carbonyl (C=O) groups is 2. The lowest BCUT2D eigenvalue weighted by Gasteiger charge is -2.16. The molecule has 1 amide bonds. The molecule has 3 aliphatic carbocycles. The zero-order valence-corrected chi connectivity index (χ0v) is 12.8. The lowest BCUT2D eigenvalue weighted by atomic mass is 10.0. The van der Waals surface area contributed by atoms with Crippen LogP contribution in [0.3, 0.4) is 0 Å². The van der Waals surface area contributed by atoms with Gasteiger partial charge in [0.2, 0.25) is 5.91 Å². The number of aliphatic carboxylic acids is 1. The number of amides is 1. The van der Waals surface area contributed by atoms with Gasteiger partial charge in [0.25, 0.3) is 0 Å². The third-order valence-corrected chi connectivity index (χ3v) is 6.03. The van der Waals surface area contributed by atoms with Crippen molar-refractivity contribution in [3.05, 3.63) is 34.9 Å². The Bertz CT molecular complexity index is 613. The molecule has 3 fully saturated rings. The second-order valence-electron chi connectivity index (χ2n) is 6.85. The molecule has 0 saturated heterocycles. The van der Waals surface area contributed by atoms with E-state index in [9.17, 15) is 14.7 Å². The number of carboxylic acids is 1. The zero-order valence-electron chi connectivity index (χ0n) is 12.0. The van der Waals surface area contributed by atoms with E-state index in [0.717, 1.165) is 0 Å². The van der Waals surface area contributed by atoms with Gasteiger partial charge in [0.05, 0.1) is 0 Å². The van der Waals surface area contributed by atoms with Crippen LogP contribution in [-0.2, 0) is 9.59 Å². The molecule has 0 heterocycles. The van der Waals surface area contributed by atoms with E-state index in [1.165, 1.54) is 19.3 Å². The zero-order chi connectivity index (χ0) is 15.4. The van der Waals surface area contributed by atoms with Crippen molar-refractivity contribution >= 4 is 23.5 Å². The lowest BCUT2D eigenvalue weighted by molar-refractivity contribution is -0.142. The standard InChI is InChI=1S/C17H18ClNO3/c18-11-5-3-8(4-6-11)15(17(21)22)19-16(20)14-12-9-1-2-10(7-9)13(12)14/h3-6,9-10,12-15H,1-2,7H2,(H,19,20)(H,21,22). The fourth-order valence-electron chi connectivity index (χ4n) is 4.86. The van der Waals surface area contributed by atoms with Gasteiger partial charge in [0.1, 0.15) is 0 Å². The van der Waals surface area contributed by atoms with Crippen molar-refractivity contribution < 1.29 is 14.7 Å². The Kier molecular flexibility index (Phi) is 3.19. The molecular weight excluding hydrogens is 302 g/mol. The summed E-state index contributed by atoms with van der Waals surface area (Å²) in [5.41, 5.74) is 0.555. The van der Waals surface area contributed by atoms with Gasteiger partial charge in [0.15, 0.2) is 6.04 Å². The summed E-state index contributed by atoms with van der Waals surface area (Å²) in [6.45, 7) is 0. The second-order valence-corrected chi connectivity index (χ2v) is 7.28. The normalized spacial score (nSPS) is 35.8. The van der Waals surface area contributed by atoms with Crippen LogP contribution in [0, 0.1) is 29.6 Å². The molecule has 22 heavy (non-hydrogen) atoms. The van der Waals surface area contributed by atoms with Gasteiger partial charge in [-0.2, -0.15) is 0 Å². The number of benzene rings is 1. The maximum atomic E-state index is 12.5. The number of rotatable bonds is 4. The average molecular weight is 320 g/mol. The summed E-state index contributed by atoms with van der Waals surface area (Å²) >= 11 is 5.83. The summed E-state index contributed by atoms with van der Waals surface area (Å²) in [4.78, 5) is 24.0. The number of hydrogen-bond acceptors (Lipinski definition) is 2. The van der Waals surface area contributed by atoms with Crippen molar-refractivity contribution in [1.29, 1.82) is 0 Å². The number of fused-ring (bicyclic) bond motifs is 5. The predicted octanol–water partition coefficient (Wildman–Crippen LogP) is 2.87. The molecular formula is C17H18ClNO3. The summed E-state index contributed by atoms with van der Waals surface area (Å²) < 4.78 is 0. The highest BCUT2D eigenvalue weighted by Gasteiger charge is 2.67. The molecule has 3 aliphatic rings. The van der Waals surface area contributed by atoms with Crippen molar-refractivity contribution in [2.24, 2.45) is 29.6 Å². The molecule has 4 rings (SSSR count). The SMILES string of the molecule is O=C(O)C(NC(=O)C1C2C3CCC(C3)C12)c1ccc(Cl)cc1. The largest absolute Gasteiger partial charge is 0.479 e. The highest BCUT2D eigenvalue weighted by atomic mass is 35.5. The summed E-state index contributed by atoms with van der Waals surface area (Å²) in [5, 5.41) is 12.7. The maximum Gasteiger partial charge on any atom is 0.330 e. The Morgan fingerprint density at radius 1 is 1.14 bits per heavy atom. The number of carbonyl (C=O) groups excluding carboxylic acids is 1. The van der Waals surface area contributed by atoms with Gasteiger partial charge in [-0.25, -0.2) is 4.79 Å². The Morgan fingerprint density at radius 3 is 2.27 bits per heavy atom. The molecule has 2 bridgehead atoms. The molecule has 5 heteroatoms. The first-order valence-electron chi connectivity index (χ1n) is 7.85. The quantitative estimate of drug-likeness (QED) is 0.896. The van der Waals surface area contributed by atoms with Crippen molar-refractivity contribution in [2.75, 3.05) is 0 Å². The first-order valence-corrected chi connectivity index (χ1v) is 8.22. The fraction of sp³-hybridized carbons (Fsp3) is 0.529. The van der Waals surface area contributed by atoms with Crippen molar-refractivity contribution in [3.63, 3.8) is 0 Å². The third kappa shape index (κ3) is 2.12. The molecule has 2 N–H and O–H groups in total. The van der Waals surface area contributed by atoms with E-state index in [0.29, 0.717) is 34.3 Å². The molecule has 4 nitrogen and oxygen atoms in total. The summed E-state index contributed by atoms with van der Waals surface area (Å²) in [7, 11) is 0. The van der Waals surface area contributed by atoms with Crippen LogP contribution in [0.25, 0.3) is 0 Å². The molecule has 3 saturated carbocycles. The molecule has 0 aromatic heterocycles. The predicted molar refractivity (Wildman–Crippen MR) is 81.3 cm³/mol. The van der Waals surface area contributed by atoms with Gasteiger partial charge in [-0.3, -0.25) is 4.79 Å². The van der Waals surface area contributed by atoms with Crippen molar-refractivity contribution in [1.82, 2.24) is 5.32 Å². The minimum Gasteiger partial charge on any atom is -0.479 e. The Hall–Kier alpha value is -1.55. The summed E-state index contributed by atoms with van der Waals surface area (Å²) in [6, 6.07) is 5.59. The average Bonchev–Trinajstić information content (AvgIpc) is 2.94. The maximum absolute atomic E-state index is 12.5. The molecule has 1 aromatic rings. The van der Waals surface area contributed by atoms with Gasteiger partial charge in [-0.1, -0.05) is 23.7 Å². The smallest absolute Gasteiger partial charge is 0.330 e. The van der Waals surface area contributed by atoms with E-state index in [4.69, 9.17) is 11.6 Å². The van der Waals surface area contributed by atoms with Crippen LogP contribution in [-0.4, -0.2) is 17.0 Å². The van der Waals surface area contributed by atoms with E-state index in [1.54, 1.807) is 24.3 Å². The van der Waals surface area contributed by atoms with Gasteiger partial charge in [-0.05, 0) is 60.6 Å². The van der Waals surface area contributed by atoms with Gasteiger partial charge >= 0.3 is 5.97 Å². The minimum atomic E-state index is -1.04. The van der Waals surface area contributed by atoms with Gasteiger partial charge in [0, 0.05) is 10.9 Å². The van der Waals surface area contributed by atoms with E-state index < -0.39 is 12.0 Å². The minimum absolute atomic E-state index is 0.0420. The highest BCUT2D eigenvalue weighted by Crippen LogP contribution is 2.69. The van der Waals surface area contributed by atoms with Crippen LogP contribution >= 0.6 is 11.6 Å². The summed E-state index contributed by atoms with van der Waals surface area (Å²) in [6.07, 6.45) is 3.77. The number of halogens is 1. The van der Waals surface area contributed by atoms with Crippen LogP contribution in [0.1, 0.15) is 30.9 Å². The van der Waals surface area contributed by atoms with Gasteiger partial charge < -0.3 is 10.4 Å². The van der Waals surface area contributed by atoms with E-state index in [-0.39, 0.29) is 11.8 Å². The molecule has 1 aromatic carbocycles. The first-order chi connectivity index (χ1) is 10.6. The Balaban J connectivity index is 1.47. The fourth-order valence-corrected chi connectivity index (χ4v) is 4.98. The van der Waals surface area contributed by atoms with E-state index >= 15 is 0 Å². The number of nitrogens with one attached hydrogen (secondary N) is 1. The van der Waals surface area contributed by atoms with Crippen LogP contribution in [0.5, 0.6) is 0 Å². The first kappa shape index (κ1) is 14.1. The molecule has 116 valence electrons. The van der Waals surface area contributed by atoms with Crippen LogP contribution in [0.2, 0.25) is 5.02 Å². The molecule has 0 spiro atoms. The number of hydrogen-bond donors (Lipinski definition) is 2. The molecule has 0 radical (unpaired) electrons. The molecule has 5 atom stereocenters. The van der Waals surface area contributed by atoms with Crippen LogP contribution in [0.4, 0.5) is 0 Å². The van der Waals surface area contributed by atoms with Crippen molar-refractivity contribution in [3.8, 4) is 0 Å². The van der Waals surface area contributed by atoms with Gasteiger partial charge in [-0.15, -0.1) is 0 Å². The van der Waals surface area contributed by atoms with E-state index in [1.807, 2.05) is 0 Å². The van der Waals surface area contributed by atoms with E-state index in [2.05, 4.69) is 5.32 Å². The third-order valence-electron chi connectivity index (χ3n) is 5.77. The highest BCUT2D eigenvalue weighted by molar-refractivity contribution is 6.30. The molecule has 5 unspecified atom stereocenters. The van der Waals surface area contributed by atoms with Crippen LogP contribution < -0.4 is 5.32 Å². The Labute approximate surface area is 133 Å². The second kappa shape index (κ2) is 4.98. The molecule has 0 aliphatic heterocycles. The van der Waals surface area contributed by atoms with Crippen molar-refractivity contribution in [2.45, 2.75) is 25.3 Å². The van der Waals surface area contributed by atoms with Crippen LogP contribution in [0.15, 0.2) is 24.3 Å². The monoisotopic (exact) mass is 319 g/mol. The summed E-state index contributed by atoms with van der Waals surface area (Å²) in [5.74, 6) is 1.34. The lowest BCUT2D eigenvalue weighted by Crippen LogP contribution is -2.36.